The minimum absolute atomic E-state index is 0.0194. The van der Waals surface area contributed by atoms with Crippen molar-refractivity contribution in [3.8, 4) is 16.9 Å². The fraction of sp³-hybridized carbons (Fsp3) is 0.375. The lowest BCUT2D eigenvalue weighted by Crippen LogP contribution is -2.48. The molecule has 3 heterocycles. The molecule has 0 spiro atoms. The van der Waals surface area contributed by atoms with E-state index in [9.17, 15) is 14.4 Å². The number of hydrogen-bond donors (Lipinski definition) is 3. The predicted molar refractivity (Wildman–Crippen MR) is 177 cm³/mol. The van der Waals surface area contributed by atoms with E-state index < -0.39 is 17.7 Å². The Balaban J connectivity index is 1.44. The van der Waals surface area contributed by atoms with Gasteiger partial charge in [-0.15, -0.1) is 5.10 Å². The highest BCUT2D eigenvalue weighted by atomic mass is 35.5. The van der Waals surface area contributed by atoms with Crippen molar-refractivity contribution in [2.75, 3.05) is 18.4 Å². The second-order valence-corrected chi connectivity index (χ2v) is 12.9. The van der Waals surface area contributed by atoms with Crippen LogP contribution >= 0.6 is 23.2 Å². The third-order valence-electron chi connectivity index (χ3n) is 7.35. The highest BCUT2D eigenvalue weighted by Crippen LogP contribution is 2.30. The number of hydrogen-bond acceptors (Lipinski definition) is 8. The molecular formula is C32H36Cl2N8O4. The number of benzene rings is 2. The van der Waals surface area contributed by atoms with Gasteiger partial charge in [0.05, 0.1) is 36.5 Å². The lowest BCUT2D eigenvalue weighted by molar-refractivity contribution is -0.121. The first-order valence-electron chi connectivity index (χ1n) is 15.0. The van der Waals surface area contributed by atoms with E-state index in [0.29, 0.717) is 40.6 Å². The van der Waals surface area contributed by atoms with Crippen LogP contribution in [0, 0.1) is 0 Å². The molecule has 2 aromatic carbocycles. The number of nitrogens with one attached hydrogen (secondary N) is 3. The van der Waals surface area contributed by atoms with Crippen LogP contribution in [0.3, 0.4) is 0 Å². The summed E-state index contributed by atoms with van der Waals surface area (Å²) in [6.45, 7) is 5.83. The summed E-state index contributed by atoms with van der Waals surface area (Å²) in [5.41, 5.74) is 2.28. The standard InChI is InChI=1S/C32H36Cl2N8O4/c1-32(2,3)46-31(45)36-17-25-30(44)35-13-6-4-5-10-26(20-8-7-9-22(14-20)38-25)41-19-37-24(16-29(41)43)23-15-21(33)11-12-27(23)42-18-28(34)39-40-42/h7-9,11-12,14-16,18-19,25-26,38H,4-6,10,13,17H2,1-3H3,(H,35,44)(H,36,45)/t25-,26+/m1/s1. The van der Waals surface area contributed by atoms with Crippen molar-refractivity contribution in [3.63, 3.8) is 0 Å². The molecular weight excluding hydrogens is 631 g/mol. The van der Waals surface area contributed by atoms with Gasteiger partial charge >= 0.3 is 6.09 Å². The number of alkyl carbamates (subject to hydrolysis) is 1. The Morgan fingerprint density at radius 1 is 1.09 bits per heavy atom. The van der Waals surface area contributed by atoms with Gasteiger partial charge in [0.15, 0.2) is 5.15 Å². The normalized spacial score (nSPS) is 17.5. The lowest BCUT2D eigenvalue weighted by atomic mass is 9.99. The molecule has 242 valence electrons. The molecule has 4 aromatic rings. The van der Waals surface area contributed by atoms with Gasteiger partial charge in [0.1, 0.15) is 11.6 Å². The van der Waals surface area contributed by atoms with Crippen LogP contribution in [0.1, 0.15) is 58.1 Å². The Bertz CT molecular complexity index is 1770. The molecule has 2 aromatic heterocycles. The molecule has 0 fully saturated rings. The third-order valence-corrected chi connectivity index (χ3v) is 7.76. The zero-order chi connectivity index (χ0) is 32.8. The maximum Gasteiger partial charge on any atom is 0.407 e. The van der Waals surface area contributed by atoms with E-state index in [1.54, 1.807) is 56.1 Å². The molecule has 0 saturated heterocycles. The predicted octanol–water partition coefficient (Wildman–Crippen LogP) is 5.38. The van der Waals surface area contributed by atoms with Crippen LogP contribution in [-0.2, 0) is 9.53 Å². The fourth-order valence-electron chi connectivity index (χ4n) is 5.25. The number of anilines is 1. The molecule has 0 unspecified atom stereocenters. The van der Waals surface area contributed by atoms with Gasteiger partial charge in [-0.1, -0.05) is 53.4 Å². The molecule has 2 bridgehead atoms. The summed E-state index contributed by atoms with van der Waals surface area (Å²) < 4.78 is 8.47. The van der Waals surface area contributed by atoms with E-state index in [1.807, 2.05) is 24.3 Å². The zero-order valence-electron chi connectivity index (χ0n) is 25.8. The molecule has 2 atom stereocenters. The SMILES string of the molecule is CC(C)(C)OC(=O)NC[C@H]1Nc2cccc(c2)[C@@H](n2cnc(-c3cc(Cl)ccc3-n3cc(Cl)nn3)cc2=O)CCCCCNC1=O. The number of fused-ring (bicyclic) bond motifs is 2. The minimum atomic E-state index is -0.752. The average Bonchev–Trinajstić information content (AvgIpc) is 3.44. The smallest absolute Gasteiger partial charge is 0.407 e. The van der Waals surface area contributed by atoms with Crippen LogP contribution in [0.15, 0.2) is 65.8 Å². The minimum Gasteiger partial charge on any atom is -0.444 e. The summed E-state index contributed by atoms with van der Waals surface area (Å²) in [6.07, 6.45) is 5.62. The Hall–Kier alpha value is -4.42. The van der Waals surface area contributed by atoms with Gasteiger partial charge < -0.3 is 20.7 Å². The number of rotatable bonds is 5. The van der Waals surface area contributed by atoms with Gasteiger partial charge in [-0.3, -0.25) is 14.2 Å². The van der Waals surface area contributed by atoms with E-state index in [0.717, 1.165) is 24.8 Å². The summed E-state index contributed by atoms with van der Waals surface area (Å²) in [5.74, 6) is -0.234. The fourth-order valence-corrected chi connectivity index (χ4v) is 5.55. The van der Waals surface area contributed by atoms with Crippen LogP contribution in [0.25, 0.3) is 16.9 Å². The Morgan fingerprint density at radius 3 is 2.65 bits per heavy atom. The number of halogens is 2. The quantitative estimate of drug-likeness (QED) is 0.257. The summed E-state index contributed by atoms with van der Waals surface area (Å²) in [4.78, 5) is 43.8. The second kappa shape index (κ2) is 14.3. The number of ether oxygens (including phenoxy) is 1. The van der Waals surface area contributed by atoms with Gasteiger partial charge in [-0.25, -0.2) is 14.5 Å². The van der Waals surface area contributed by atoms with E-state index in [1.165, 1.54) is 10.7 Å². The van der Waals surface area contributed by atoms with Crippen LogP contribution < -0.4 is 21.5 Å². The van der Waals surface area contributed by atoms with Crippen LogP contribution in [0.2, 0.25) is 10.2 Å². The Morgan fingerprint density at radius 2 is 1.91 bits per heavy atom. The third kappa shape index (κ3) is 8.43. The van der Waals surface area contributed by atoms with Crippen molar-refractivity contribution in [1.29, 1.82) is 0 Å². The topological polar surface area (TPSA) is 145 Å². The monoisotopic (exact) mass is 666 g/mol. The number of aromatic nitrogens is 5. The first kappa shape index (κ1) is 33.0. The van der Waals surface area contributed by atoms with E-state index in [2.05, 4.69) is 31.2 Å². The second-order valence-electron chi connectivity index (χ2n) is 12.0. The van der Waals surface area contributed by atoms with E-state index >= 15 is 0 Å². The number of carbonyl (C=O) groups is 2. The maximum absolute atomic E-state index is 13.7. The average molecular weight is 668 g/mol. The molecule has 46 heavy (non-hydrogen) atoms. The van der Waals surface area contributed by atoms with Crippen LogP contribution in [-0.4, -0.2) is 61.3 Å². The molecule has 0 radical (unpaired) electrons. The Labute approximate surface area is 276 Å². The molecule has 12 nitrogen and oxygen atoms in total. The van der Waals surface area contributed by atoms with Crippen molar-refractivity contribution < 1.29 is 14.3 Å². The van der Waals surface area contributed by atoms with Gasteiger partial charge in [0.25, 0.3) is 5.56 Å². The zero-order valence-corrected chi connectivity index (χ0v) is 27.3. The summed E-state index contributed by atoms with van der Waals surface area (Å²) in [5, 5.41) is 17.5. The number of amides is 2. The van der Waals surface area contributed by atoms with Crippen LogP contribution in [0.5, 0.6) is 0 Å². The van der Waals surface area contributed by atoms with E-state index in [-0.39, 0.29) is 29.2 Å². The number of nitrogens with zero attached hydrogens (tertiary/aromatic N) is 5. The van der Waals surface area contributed by atoms with Crippen LogP contribution in [0.4, 0.5) is 10.5 Å². The van der Waals surface area contributed by atoms with Crippen molar-refractivity contribution in [1.82, 2.24) is 35.2 Å². The summed E-state index contributed by atoms with van der Waals surface area (Å²) >= 11 is 12.3. The largest absolute Gasteiger partial charge is 0.444 e. The van der Waals surface area contributed by atoms with Crippen molar-refractivity contribution in [2.24, 2.45) is 0 Å². The number of carbonyl (C=O) groups excluding carboxylic acids is 2. The maximum atomic E-state index is 13.7. The highest BCUT2D eigenvalue weighted by molar-refractivity contribution is 6.31. The molecule has 0 saturated carbocycles. The highest BCUT2D eigenvalue weighted by Gasteiger charge is 2.24. The molecule has 1 aliphatic rings. The van der Waals surface area contributed by atoms with Gasteiger partial charge in [-0.05, 0) is 69.5 Å². The summed E-state index contributed by atoms with van der Waals surface area (Å²) in [7, 11) is 0. The molecule has 3 N–H and O–H groups in total. The molecule has 14 heteroatoms. The Kier molecular flexibility index (Phi) is 10.3. The summed E-state index contributed by atoms with van der Waals surface area (Å²) in [6, 6.07) is 13.2. The van der Waals surface area contributed by atoms with Gasteiger partial charge in [-0.2, -0.15) is 0 Å². The first-order valence-corrected chi connectivity index (χ1v) is 15.8. The molecule has 1 aliphatic heterocycles. The van der Waals surface area contributed by atoms with Gasteiger partial charge in [0.2, 0.25) is 5.91 Å². The molecule has 5 rings (SSSR count). The van der Waals surface area contributed by atoms with Crippen molar-refractivity contribution in [3.05, 3.63) is 87.1 Å². The molecule has 0 aliphatic carbocycles. The lowest BCUT2D eigenvalue weighted by Gasteiger charge is -2.24. The van der Waals surface area contributed by atoms with Gasteiger partial charge in [0, 0.05) is 28.9 Å². The first-order chi connectivity index (χ1) is 22.0. The molecule has 2 amide bonds. The van der Waals surface area contributed by atoms with E-state index in [4.69, 9.17) is 27.9 Å². The van der Waals surface area contributed by atoms with Crippen molar-refractivity contribution in [2.45, 2.75) is 64.1 Å². The van der Waals surface area contributed by atoms with Crippen molar-refractivity contribution >= 4 is 40.9 Å².